The molecule has 1 unspecified atom stereocenters. The molecular formula is C24H35N3O4. The van der Waals surface area contributed by atoms with Crippen molar-refractivity contribution in [2.75, 3.05) is 6.61 Å². The highest BCUT2D eigenvalue weighted by molar-refractivity contribution is 6.02. The molecule has 0 spiro atoms. The summed E-state index contributed by atoms with van der Waals surface area (Å²) in [6.07, 6.45) is 5.81. The lowest BCUT2D eigenvalue weighted by atomic mass is 10.0. The number of fused-ring (bicyclic) bond motifs is 1. The van der Waals surface area contributed by atoms with Crippen molar-refractivity contribution in [1.29, 1.82) is 0 Å². The van der Waals surface area contributed by atoms with Crippen LogP contribution in [0.15, 0.2) is 29.1 Å². The Morgan fingerprint density at radius 3 is 2.45 bits per heavy atom. The van der Waals surface area contributed by atoms with E-state index < -0.39 is 5.97 Å². The third-order valence-electron chi connectivity index (χ3n) is 5.19. The zero-order valence-corrected chi connectivity index (χ0v) is 19.1. The first kappa shape index (κ1) is 24.6. The fourth-order valence-electron chi connectivity index (χ4n) is 3.47. The van der Waals surface area contributed by atoms with Crippen LogP contribution in [0.2, 0.25) is 0 Å². The number of esters is 1. The van der Waals surface area contributed by atoms with Gasteiger partial charge >= 0.3 is 5.97 Å². The molecule has 1 heterocycles. The third-order valence-corrected chi connectivity index (χ3v) is 5.19. The highest BCUT2D eigenvalue weighted by Gasteiger charge is 2.19. The maximum Gasteiger partial charge on any atom is 0.359 e. The maximum absolute atomic E-state index is 12.7. The van der Waals surface area contributed by atoms with Crippen LogP contribution in [0.3, 0.4) is 0 Å². The highest BCUT2D eigenvalue weighted by atomic mass is 16.5. The van der Waals surface area contributed by atoms with Crippen LogP contribution in [0.4, 0.5) is 0 Å². The smallest absolute Gasteiger partial charge is 0.359 e. The molecule has 1 amide bonds. The molecule has 0 aliphatic heterocycles. The van der Waals surface area contributed by atoms with Crippen LogP contribution in [0.5, 0.6) is 0 Å². The molecule has 0 aliphatic carbocycles. The minimum atomic E-state index is -0.706. The summed E-state index contributed by atoms with van der Waals surface area (Å²) in [5.41, 5.74) is -0.166. The number of benzene rings is 1. The van der Waals surface area contributed by atoms with E-state index in [9.17, 15) is 14.4 Å². The number of nitrogens with one attached hydrogen (secondary N) is 1. The minimum absolute atomic E-state index is 0.0179. The molecule has 1 aromatic carbocycles. The van der Waals surface area contributed by atoms with E-state index >= 15 is 0 Å². The number of ether oxygens (including phenoxy) is 1. The van der Waals surface area contributed by atoms with Crippen LogP contribution < -0.4 is 10.9 Å². The van der Waals surface area contributed by atoms with Gasteiger partial charge in [-0.1, -0.05) is 64.7 Å². The second kappa shape index (κ2) is 12.2. The molecule has 7 heteroatoms. The molecule has 0 saturated carbocycles. The van der Waals surface area contributed by atoms with Gasteiger partial charge in [0.15, 0.2) is 12.3 Å². The Labute approximate surface area is 184 Å². The zero-order chi connectivity index (χ0) is 22.8. The second-order valence-electron chi connectivity index (χ2n) is 8.50. The van der Waals surface area contributed by atoms with Gasteiger partial charge in [0.05, 0.1) is 5.39 Å². The predicted octanol–water partition coefficient (Wildman–Crippen LogP) is 4.07. The topological polar surface area (TPSA) is 90.3 Å². The molecule has 0 bridgehead atoms. The summed E-state index contributed by atoms with van der Waals surface area (Å²) in [5.74, 6) is -0.412. The lowest BCUT2D eigenvalue weighted by molar-refractivity contribution is -0.124. The largest absolute Gasteiger partial charge is 0.451 e. The van der Waals surface area contributed by atoms with Crippen LogP contribution in [0.1, 0.15) is 76.7 Å². The van der Waals surface area contributed by atoms with E-state index in [2.05, 4.69) is 31.2 Å². The Kier molecular flexibility index (Phi) is 9.69. The van der Waals surface area contributed by atoms with Gasteiger partial charge in [0.2, 0.25) is 0 Å². The Hall–Kier alpha value is -2.70. The van der Waals surface area contributed by atoms with Gasteiger partial charge in [0, 0.05) is 18.0 Å². The number of aryl methyl sites for hydroxylation is 1. The molecule has 1 aromatic heterocycles. The number of unbranched alkanes of at least 4 members (excludes halogenated alkanes) is 2. The predicted molar refractivity (Wildman–Crippen MR) is 122 cm³/mol. The van der Waals surface area contributed by atoms with Gasteiger partial charge in [-0.3, -0.25) is 9.59 Å². The van der Waals surface area contributed by atoms with Crippen molar-refractivity contribution in [3.05, 3.63) is 40.3 Å². The summed E-state index contributed by atoms with van der Waals surface area (Å²) in [6.45, 7) is 8.43. The maximum atomic E-state index is 12.7. The van der Waals surface area contributed by atoms with Gasteiger partial charge in [-0.25, -0.2) is 9.48 Å². The number of hydrogen-bond acceptors (Lipinski definition) is 5. The van der Waals surface area contributed by atoms with E-state index in [0.29, 0.717) is 23.2 Å². The summed E-state index contributed by atoms with van der Waals surface area (Å²) in [5, 5.41) is 7.98. The van der Waals surface area contributed by atoms with Crippen molar-refractivity contribution in [1.82, 2.24) is 15.1 Å². The molecule has 0 aliphatic rings. The van der Waals surface area contributed by atoms with Crippen molar-refractivity contribution >= 4 is 22.6 Å². The van der Waals surface area contributed by atoms with Crippen molar-refractivity contribution in [2.45, 2.75) is 78.8 Å². The van der Waals surface area contributed by atoms with E-state index in [-0.39, 0.29) is 29.8 Å². The molecule has 1 atom stereocenters. The molecule has 31 heavy (non-hydrogen) atoms. The van der Waals surface area contributed by atoms with Gasteiger partial charge in [0.25, 0.3) is 11.5 Å². The average Bonchev–Trinajstić information content (AvgIpc) is 2.73. The van der Waals surface area contributed by atoms with Gasteiger partial charge in [-0.2, -0.15) is 5.10 Å². The van der Waals surface area contributed by atoms with Gasteiger partial charge in [-0.15, -0.1) is 0 Å². The summed E-state index contributed by atoms with van der Waals surface area (Å²) in [7, 11) is 0. The number of rotatable bonds is 12. The number of carbonyl (C=O) groups excluding carboxylic acids is 2. The zero-order valence-electron chi connectivity index (χ0n) is 19.1. The molecule has 1 N–H and O–H groups in total. The van der Waals surface area contributed by atoms with E-state index in [1.807, 2.05) is 6.92 Å². The van der Waals surface area contributed by atoms with Gasteiger partial charge in [0.1, 0.15) is 0 Å². The fourth-order valence-corrected chi connectivity index (χ4v) is 3.47. The Balaban J connectivity index is 2.05. The van der Waals surface area contributed by atoms with Crippen LogP contribution in [-0.4, -0.2) is 34.3 Å². The SMILES string of the molecule is CCCCCn1nc(C(=O)OCC(=O)NC(C)CCCC(C)C)c2ccccc2c1=O. The van der Waals surface area contributed by atoms with Gasteiger partial charge < -0.3 is 10.1 Å². The molecule has 7 nitrogen and oxygen atoms in total. The Morgan fingerprint density at radius 2 is 1.77 bits per heavy atom. The minimum Gasteiger partial charge on any atom is -0.451 e. The van der Waals surface area contributed by atoms with E-state index in [1.54, 1.807) is 24.3 Å². The summed E-state index contributed by atoms with van der Waals surface area (Å²) in [4.78, 5) is 37.6. The standard InChI is InChI=1S/C24H35N3O4/c1-5-6-9-15-27-23(29)20-14-8-7-13-19(20)22(26-27)24(30)31-16-21(28)25-18(4)12-10-11-17(2)3/h7-8,13-14,17-18H,5-6,9-12,15-16H2,1-4H3,(H,25,28). The van der Waals surface area contributed by atoms with Crippen molar-refractivity contribution in [3.8, 4) is 0 Å². The summed E-state index contributed by atoms with van der Waals surface area (Å²) >= 11 is 0. The summed E-state index contributed by atoms with van der Waals surface area (Å²) in [6, 6.07) is 6.87. The molecule has 170 valence electrons. The molecule has 2 rings (SSSR count). The molecule has 0 radical (unpaired) electrons. The van der Waals surface area contributed by atoms with Crippen molar-refractivity contribution in [2.24, 2.45) is 5.92 Å². The number of hydrogen-bond donors (Lipinski definition) is 1. The van der Waals surface area contributed by atoms with E-state index in [0.717, 1.165) is 38.5 Å². The van der Waals surface area contributed by atoms with Crippen LogP contribution in [-0.2, 0) is 16.1 Å². The Morgan fingerprint density at radius 1 is 1.06 bits per heavy atom. The lowest BCUT2D eigenvalue weighted by Gasteiger charge is -2.15. The average molecular weight is 430 g/mol. The molecular weight excluding hydrogens is 394 g/mol. The van der Waals surface area contributed by atoms with E-state index in [1.165, 1.54) is 4.68 Å². The third kappa shape index (κ3) is 7.49. The van der Waals surface area contributed by atoms with Gasteiger partial charge in [-0.05, 0) is 31.7 Å². The second-order valence-corrected chi connectivity index (χ2v) is 8.50. The van der Waals surface area contributed by atoms with Crippen molar-refractivity contribution in [3.63, 3.8) is 0 Å². The first-order chi connectivity index (χ1) is 14.8. The van der Waals surface area contributed by atoms with Crippen LogP contribution in [0.25, 0.3) is 10.8 Å². The fraction of sp³-hybridized carbons (Fsp3) is 0.583. The molecule has 0 saturated heterocycles. The van der Waals surface area contributed by atoms with Crippen LogP contribution >= 0.6 is 0 Å². The normalized spacial score (nSPS) is 12.2. The number of carbonyl (C=O) groups is 2. The quantitative estimate of drug-likeness (QED) is 0.406. The summed E-state index contributed by atoms with van der Waals surface area (Å²) < 4.78 is 6.56. The van der Waals surface area contributed by atoms with Crippen molar-refractivity contribution < 1.29 is 14.3 Å². The number of amides is 1. The number of nitrogens with zero attached hydrogens (tertiary/aromatic N) is 2. The highest BCUT2D eigenvalue weighted by Crippen LogP contribution is 2.15. The Bertz CT molecular complexity index is 936. The molecule has 2 aromatic rings. The molecule has 0 fully saturated rings. The monoisotopic (exact) mass is 429 g/mol. The first-order valence-electron chi connectivity index (χ1n) is 11.3. The lowest BCUT2D eigenvalue weighted by Crippen LogP contribution is -2.36. The van der Waals surface area contributed by atoms with Crippen LogP contribution in [0, 0.1) is 5.92 Å². The first-order valence-corrected chi connectivity index (χ1v) is 11.3. The number of aromatic nitrogens is 2. The van der Waals surface area contributed by atoms with E-state index in [4.69, 9.17) is 4.74 Å².